The minimum Gasteiger partial charge on any atom is -0.478 e. The minimum absolute atomic E-state index is 0.0201. The van der Waals surface area contributed by atoms with E-state index >= 15 is 0 Å². The number of nitriles is 1. The summed E-state index contributed by atoms with van der Waals surface area (Å²) in [4.78, 5) is 11.0. The van der Waals surface area contributed by atoms with Gasteiger partial charge in [0, 0.05) is 13.3 Å². The van der Waals surface area contributed by atoms with Crippen molar-refractivity contribution in [3.8, 4) is 6.07 Å². The molecule has 1 aromatic carbocycles. The number of carboxylic acids is 1. The van der Waals surface area contributed by atoms with Gasteiger partial charge in [0.2, 0.25) is 0 Å². The van der Waals surface area contributed by atoms with E-state index in [1.54, 1.807) is 6.07 Å². The van der Waals surface area contributed by atoms with Gasteiger partial charge in [0.05, 0.1) is 11.1 Å². The van der Waals surface area contributed by atoms with Crippen molar-refractivity contribution in [3.63, 3.8) is 0 Å². The van der Waals surface area contributed by atoms with E-state index in [0.717, 1.165) is 31.5 Å². The van der Waals surface area contributed by atoms with Gasteiger partial charge in [-0.05, 0) is 23.8 Å². The van der Waals surface area contributed by atoms with Crippen LogP contribution in [0.2, 0.25) is 0 Å². The maximum atomic E-state index is 12.7. The number of hydrogen-bond acceptors (Lipinski definition) is 4. The van der Waals surface area contributed by atoms with E-state index < -0.39 is 11.8 Å². The molecule has 4 N–H and O–H groups in total. The number of aliphatic carboxylic acids is 1. The number of aliphatic hydroxyl groups is 1. The van der Waals surface area contributed by atoms with E-state index in [4.69, 9.17) is 21.2 Å². The molecule has 0 atom stereocenters. The van der Waals surface area contributed by atoms with Crippen molar-refractivity contribution >= 4 is 11.5 Å². The standard InChI is InChI=1S/C12H9FN2O2.CH4O/c13-10-3-1-9(2-4-10)11(12(16)17)5-8(6-14)7-15;1-2/h1-6H,14H2,(H,16,17);2H,1H3/b8-6+,11-5+;. The van der Waals surface area contributed by atoms with Crippen LogP contribution in [0, 0.1) is 17.1 Å². The Labute approximate surface area is 109 Å². The topological polar surface area (TPSA) is 107 Å². The van der Waals surface area contributed by atoms with Crippen LogP contribution < -0.4 is 5.73 Å². The second-order valence-corrected chi connectivity index (χ2v) is 3.10. The highest BCUT2D eigenvalue weighted by atomic mass is 19.1. The summed E-state index contributed by atoms with van der Waals surface area (Å²) < 4.78 is 12.7. The Morgan fingerprint density at radius 1 is 1.37 bits per heavy atom. The third-order valence-corrected chi connectivity index (χ3v) is 1.99. The average molecular weight is 264 g/mol. The maximum absolute atomic E-state index is 12.7. The maximum Gasteiger partial charge on any atom is 0.336 e. The number of nitrogens with two attached hydrogens (primary N) is 1. The second kappa shape index (κ2) is 8.44. The van der Waals surface area contributed by atoms with Crippen molar-refractivity contribution in [1.82, 2.24) is 0 Å². The van der Waals surface area contributed by atoms with Gasteiger partial charge in [0.15, 0.2) is 0 Å². The summed E-state index contributed by atoms with van der Waals surface area (Å²) >= 11 is 0. The Hall–Kier alpha value is -2.65. The highest BCUT2D eigenvalue weighted by molar-refractivity contribution is 6.16. The number of rotatable bonds is 3. The fourth-order valence-electron chi connectivity index (χ4n) is 1.17. The monoisotopic (exact) mass is 264 g/mol. The Morgan fingerprint density at radius 2 is 1.89 bits per heavy atom. The van der Waals surface area contributed by atoms with Crippen LogP contribution in [0.5, 0.6) is 0 Å². The quantitative estimate of drug-likeness (QED) is 0.433. The SMILES string of the molecule is CO.N#CC(=C/N)/C=C(/C(=O)O)c1ccc(F)cc1. The first-order chi connectivity index (χ1) is 9.08. The van der Waals surface area contributed by atoms with Gasteiger partial charge in [-0.1, -0.05) is 12.1 Å². The van der Waals surface area contributed by atoms with Gasteiger partial charge < -0.3 is 15.9 Å². The van der Waals surface area contributed by atoms with Gasteiger partial charge in [0.1, 0.15) is 11.9 Å². The molecule has 19 heavy (non-hydrogen) atoms. The summed E-state index contributed by atoms with van der Waals surface area (Å²) in [6.07, 6.45) is 2.14. The largest absolute Gasteiger partial charge is 0.478 e. The molecule has 1 rings (SSSR count). The third-order valence-electron chi connectivity index (χ3n) is 1.99. The molecule has 5 nitrogen and oxygen atoms in total. The van der Waals surface area contributed by atoms with E-state index in [1.807, 2.05) is 0 Å². The zero-order valence-corrected chi connectivity index (χ0v) is 10.2. The Morgan fingerprint density at radius 3 is 2.26 bits per heavy atom. The number of carbonyl (C=O) groups is 1. The molecule has 100 valence electrons. The van der Waals surface area contributed by atoms with E-state index in [9.17, 15) is 9.18 Å². The zero-order chi connectivity index (χ0) is 14.8. The molecule has 0 aromatic heterocycles. The highest BCUT2D eigenvalue weighted by Crippen LogP contribution is 2.17. The molecule has 0 amide bonds. The Bertz CT molecular complexity index is 528. The van der Waals surface area contributed by atoms with Crippen molar-refractivity contribution in [2.24, 2.45) is 5.73 Å². The normalized spacial score (nSPS) is 11.1. The predicted octanol–water partition coefficient (Wildman–Crippen LogP) is 1.27. The van der Waals surface area contributed by atoms with Crippen LogP contribution in [0.4, 0.5) is 4.39 Å². The van der Waals surface area contributed by atoms with E-state index in [-0.39, 0.29) is 11.1 Å². The molecule has 0 spiro atoms. The van der Waals surface area contributed by atoms with E-state index in [1.165, 1.54) is 12.1 Å². The molecule has 0 aliphatic heterocycles. The predicted molar refractivity (Wildman–Crippen MR) is 68.0 cm³/mol. The summed E-state index contributed by atoms with van der Waals surface area (Å²) in [6, 6.07) is 6.67. The first kappa shape index (κ1) is 16.4. The van der Waals surface area contributed by atoms with Crippen LogP contribution in [0.3, 0.4) is 0 Å². The summed E-state index contributed by atoms with van der Waals surface area (Å²) in [7, 11) is 1.00. The van der Waals surface area contributed by atoms with E-state index in [0.29, 0.717) is 5.56 Å². The van der Waals surface area contributed by atoms with Crippen molar-refractivity contribution in [1.29, 1.82) is 5.26 Å². The van der Waals surface area contributed by atoms with E-state index in [2.05, 4.69) is 0 Å². The molecule has 0 bridgehead atoms. The molecule has 0 saturated carbocycles. The number of carboxylic acid groups (broad SMARTS) is 1. The molecule has 0 radical (unpaired) electrons. The molecule has 0 heterocycles. The number of benzene rings is 1. The number of aliphatic hydroxyl groups excluding tert-OH is 1. The van der Waals surface area contributed by atoms with Gasteiger partial charge in [-0.2, -0.15) is 5.26 Å². The number of hydrogen-bond donors (Lipinski definition) is 3. The molecule has 1 aromatic rings. The highest BCUT2D eigenvalue weighted by Gasteiger charge is 2.11. The summed E-state index contributed by atoms with van der Waals surface area (Å²) in [5.74, 6) is -1.68. The third kappa shape index (κ3) is 5.02. The molecular formula is C13H13FN2O3. The van der Waals surface area contributed by atoms with Gasteiger partial charge in [0.25, 0.3) is 0 Å². The van der Waals surface area contributed by atoms with Crippen LogP contribution >= 0.6 is 0 Å². The van der Waals surface area contributed by atoms with Crippen LogP contribution in [-0.4, -0.2) is 23.3 Å². The lowest BCUT2D eigenvalue weighted by atomic mass is 10.0. The molecule has 0 aliphatic rings. The Balaban J connectivity index is 0.00000154. The van der Waals surface area contributed by atoms with Crippen molar-refractivity contribution < 1.29 is 19.4 Å². The number of allylic oxidation sites excluding steroid dienone is 2. The fraction of sp³-hybridized carbons (Fsp3) is 0.0769. The first-order valence-corrected chi connectivity index (χ1v) is 5.06. The van der Waals surface area contributed by atoms with Crippen molar-refractivity contribution in [2.45, 2.75) is 0 Å². The van der Waals surface area contributed by atoms with Crippen LogP contribution in [-0.2, 0) is 4.79 Å². The van der Waals surface area contributed by atoms with Crippen molar-refractivity contribution in [3.05, 3.63) is 53.5 Å². The van der Waals surface area contributed by atoms with Crippen LogP contribution in [0.1, 0.15) is 5.56 Å². The van der Waals surface area contributed by atoms with Gasteiger partial charge in [-0.3, -0.25) is 0 Å². The van der Waals surface area contributed by atoms with Gasteiger partial charge in [-0.25, -0.2) is 9.18 Å². The molecule has 0 unspecified atom stereocenters. The molecule has 0 fully saturated rings. The second-order valence-electron chi connectivity index (χ2n) is 3.10. The number of nitrogens with zero attached hydrogens (tertiary/aromatic N) is 1. The lowest BCUT2D eigenvalue weighted by Crippen LogP contribution is -2.00. The number of halogens is 1. The van der Waals surface area contributed by atoms with Gasteiger partial charge in [-0.15, -0.1) is 0 Å². The molecule has 0 aliphatic carbocycles. The van der Waals surface area contributed by atoms with Crippen LogP contribution in [0.25, 0.3) is 5.57 Å². The van der Waals surface area contributed by atoms with Crippen molar-refractivity contribution in [2.75, 3.05) is 7.11 Å². The summed E-state index contributed by atoms with van der Waals surface area (Å²) in [6.45, 7) is 0. The van der Waals surface area contributed by atoms with Gasteiger partial charge >= 0.3 is 5.97 Å². The lowest BCUT2D eigenvalue weighted by Gasteiger charge is -2.02. The summed E-state index contributed by atoms with van der Waals surface area (Å²) in [5, 5.41) is 24.6. The lowest BCUT2D eigenvalue weighted by molar-refractivity contribution is -0.130. The van der Waals surface area contributed by atoms with Crippen LogP contribution in [0.15, 0.2) is 42.1 Å². The smallest absolute Gasteiger partial charge is 0.336 e. The molecule has 0 saturated heterocycles. The zero-order valence-electron chi connectivity index (χ0n) is 10.2. The molecular weight excluding hydrogens is 251 g/mol. The molecule has 6 heteroatoms. The summed E-state index contributed by atoms with van der Waals surface area (Å²) in [5.41, 5.74) is 5.35. The Kier molecular flexibility index (Phi) is 7.26. The average Bonchev–Trinajstić information content (AvgIpc) is 2.43. The first-order valence-electron chi connectivity index (χ1n) is 5.06. The minimum atomic E-state index is -1.22. The fourth-order valence-corrected chi connectivity index (χ4v) is 1.17.